The summed E-state index contributed by atoms with van der Waals surface area (Å²) in [6, 6.07) is 52.5. The van der Waals surface area contributed by atoms with Crippen molar-refractivity contribution in [1.82, 2.24) is 0 Å². The average Bonchev–Trinajstić information content (AvgIpc) is 0.743. The molecule has 5 aromatic carbocycles. The van der Waals surface area contributed by atoms with Gasteiger partial charge in [-0.2, -0.15) is 0 Å². The molecule has 2 fully saturated rings. The fraction of sp³-hybridized carbons (Fsp3) is 0.605. The van der Waals surface area contributed by atoms with Gasteiger partial charge in [-0.25, -0.2) is 0 Å². The van der Waals surface area contributed by atoms with Crippen molar-refractivity contribution < 1.29 is 70.1 Å². The minimum Gasteiger partial charge on any atom is -1.00 e. The van der Waals surface area contributed by atoms with Crippen molar-refractivity contribution in [2.24, 2.45) is 11.8 Å². The predicted molar refractivity (Wildman–Crippen MR) is 414 cm³/mol. The minimum absolute atomic E-state index is 0. The number of unbranched alkanes of at least 4 members (excludes halogenated alkanes) is 1. The minimum atomic E-state index is -2.73. The molecule has 97 heavy (non-hydrogen) atoms. The van der Waals surface area contributed by atoms with Crippen LogP contribution in [0.25, 0.3) is 0 Å². The van der Waals surface area contributed by atoms with E-state index >= 15 is 0 Å². The monoisotopic (exact) mass is 1530 g/mol. The molecule has 16 heteroatoms. The lowest BCUT2D eigenvalue weighted by Crippen LogP contribution is -3.00. The second-order valence-electron chi connectivity index (χ2n) is 34.1. The van der Waals surface area contributed by atoms with Gasteiger partial charge in [-0.05, 0) is 164 Å². The van der Waals surface area contributed by atoms with Gasteiger partial charge < -0.3 is 70.1 Å². The third-order valence-electron chi connectivity index (χ3n) is 23.0. The van der Waals surface area contributed by atoms with Gasteiger partial charge in [0.05, 0.1) is 75.8 Å². The number of hydrogen-bond acceptors (Lipinski definition) is 10. The molecule has 2 saturated heterocycles. The Morgan fingerprint density at radius 2 is 1.02 bits per heavy atom. The molecule has 0 radical (unpaired) electrons. The molecule has 0 aliphatic carbocycles. The first-order valence-electron chi connectivity index (χ1n) is 35.9. The zero-order valence-electron chi connectivity index (χ0n) is 64.3. The van der Waals surface area contributed by atoms with E-state index in [1.807, 2.05) is 19.2 Å². The summed E-state index contributed by atoms with van der Waals surface area (Å²) in [5, 5.41) is 3.80. The van der Waals surface area contributed by atoms with Gasteiger partial charge in [0, 0.05) is 25.4 Å². The molecule has 0 aromatic heterocycles. The molecule has 0 unspecified atom stereocenters. The van der Waals surface area contributed by atoms with Gasteiger partial charge in [0.1, 0.15) is 35.0 Å². The first-order valence-corrected chi connectivity index (χ1v) is 49.5. The van der Waals surface area contributed by atoms with E-state index in [0.29, 0.717) is 39.1 Å². The smallest absolute Gasteiger partial charge is 0.198 e. The van der Waals surface area contributed by atoms with Crippen molar-refractivity contribution in [3.63, 3.8) is 0 Å². The van der Waals surface area contributed by atoms with E-state index in [1.165, 1.54) is 15.9 Å². The van der Waals surface area contributed by atoms with E-state index < -0.39 is 76.8 Å². The Kier molecular flexibility index (Phi) is 29.4. The van der Waals surface area contributed by atoms with Gasteiger partial charge >= 0.3 is 0 Å². The molecule has 2 heterocycles. The third-order valence-corrected chi connectivity index (χ3v) is 45.5. The molecule has 0 bridgehead atoms. The zero-order chi connectivity index (χ0) is 70.9. The van der Waals surface area contributed by atoms with Gasteiger partial charge in [0.15, 0.2) is 39.1 Å². The highest BCUT2D eigenvalue weighted by molar-refractivity contribution is 7.95. The molecular formula is C81H128IO10PSi4. The van der Waals surface area contributed by atoms with Crippen LogP contribution in [0.5, 0.6) is 5.75 Å². The molecular weight excluding hydrogens is 1400 g/mol. The Morgan fingerprint density at radius 1 is 0.557 bits per heavy atom. The highest BCUT2D eigenvalue weighted by atomic mass is 127. The number of rotatable bonds is 31. The number of ether oxygens (including phenoxy) is 6. The predicted octanol–water partition coefficient (Wildman–Crippen LogP) is 17.0. The molecule has 10 nitrogen and oxygen atoms in total. The Balaban J connectivity index is 0.0000149. The molecule has 7 rings (SSSR count). The van der Waals surface area contributed by atoms with Crippen molar-refractivity contribution in [2.45, 2.75) is 276 Å². The van der Waals surface area contributed by atoms with E-state index in [9.17, 15) is 0 Å². The first-order chi connectivity index (χ1) is 44.7. The van der Waals surface area contributed by atoms with Crippen LogP contribution in [0.3, 0.4) is 0 Å². The quantitative estimate of drug-likeness (QED) is 0.0140. The molecule has 540 valence electrons. The third kappa shape index (κ3) is 20.8. The summed E-state index contributed by atoms with van der Waals surface area (Å²) >= 11 is 0. The lowest BCUT2D eigenvalue weighted by molar-refractivity contribution is -0.355. The van der Waals surface area contributed by atoms with Crippen molar-refractivity contribution >= 4 is 56.4 Å². The van der Waals surface area contributed by atoms with E-state index in [4.69, 9.17) is 52.7 Å². The molecule has 5 aromatic rings. The van der Waals surface area contributed by atoms with E-state index in [0.717, 1.165) is 47.9 Å². The highest BCUT2D eigenvalue weighted by Crippen LogP contribution is 2.57. The Bertz CT molecular complexity index is 3070. The molecule has 2 aliphatic heterocycles. The van der Waals surface area contributed by atoms with Gasteiger partial charge in [-0.3, -0.25) is 0 Å². The molecule has 0 spiro atoms. The van der Waals surface area contributed by atoms with Crippen molar-refractivity contribution in [2.75, 3.05) is 27.0 Å². The SMILES string of the molecule is C=C(C[C@@H](COCc1ccc(OC)cc1)O[Si](C)(C)C(C)(C)C)C[C@H]1O[C@@H]([C@H](O[Si](C)(C)C(C)(C)C)[C@@]2(OC)C[C@H](O[Si](C)(C)C(C)(C)C)[C@@H](C)[C@@H](CCCC[P+](c3ccccc3)(c3ccccc3)c3ccccc3)O2)[C@H](C)[C@@H](OCc2ccccc2)[C@@H]1O[Si](C)(C)C(C)(C)C.[I-]. The lowest BCUT2D eigenvalue weighted by atomic mass is 9.78. The molecule has 0 amide bonds. The zero-order valence-corrected chi connectivity index (χ0v) is 71.4. The normalized spacial score (nSPS) is 23.3. The van der Waals surface area contributed by atoms with Gasteiger partial charge in [0.2, 0.25) is 0 Å². The second-order valence-corrected chi connectivity index (χ2v) is 56.8. The maximum absolute atomic E-state index is 8.17. The number of benzene rings is 5. The average molecular weight is 1530 g/mol. The fourth-order valence-corrected chi connectivity index (χ4v) is 22.6. The van der Waals surface area contributed by atoms with Gasteiger partial charge in [0.25, 0.3) is 0 Å². The van der Waals surface area contributed by atoms with Crippen LogP contribution < -0.4 is 44.6 Å². The molecule has 0 saturated carbocycles. The summed E-state index contributed by atoms with van der Waals surface area (Å²) in [7, 11) is -8.55. The van der Waals surface area contributed by atoms with Crippen LogP contribution in [-0.2, 0) is 54.6 Å². The number of halogens is 1. The largest absolute Gasteiger partial charge is 1.00 e. The van der Waals surface area contributed by atoms with Crippen molar-refractivity contribution in [3.05, 3.63) is 169 Å². The Morgan fingerprint density at radius 3 is 1.49 bits per heavy atom. The standard InChI is InChI=1S/C81H128O10PSi4.HI/c1-60(54-66(88-93(18,19)77(4,5)6)59-84-57-64-49-51-65(82-16)52-50-64)55-71-75(90-95(22,23)79(10,11)12)73(85-58-63-40-30-26-31-41-63)62(3)74(86-71)76(91-96(24,25)80(13,14)15)81(83-17)56-72(89-94(20,21)78(7,8)9)61(2)70(87-81)48-38-39-53-92(67-42-32-27-33-43-67,68-44-34-28-35-45-68)69-46-36-29-37-47-69;/h26-37,40-47,49-52,61-62,66,70-76H,1,38-39,48,53-59H2,2-25H3;1H/q+1;/p-1/t61-,62+,66-,70+,71+,72-,73+,74+,75+,76-,81+;/m0./s1. The Hall–Kier alpha value is -2.69. The molecule has 11 atom stereocenters. The van der Waals surface area contributed by atoms with Crippen LogP contribution >= 0.6 is 7.26 Å². The maximum atomic E-state index is 8.17. The van der Waals surface area contributed by atoms with Crippen LogP contribution in [-0.4, -0.2) is 115 Å². The second kappa shape index (κ2) is 34.3. The summed E-state index contributed by atoms with van der Waals surface area (Å²) in [6.45, 7) is 57.6. The summed E-state index contributed by atoms with van der Waals surface area (Å²) in [5.74, 6) is -0.728. The topological polar surface area (TPSA) is 92.3 Å². The maximum Gasteiger partial charge on any atom is 0.198 e. The lowest BCUT2D eigenvalue weighted by Gasteiger charge is -2.58. The van der Waals surface area contributed by atoms with E-state index in [2.05, 4.69) is 283 Å². The summed E-state index contributed by atoms with van der Waals surface area (Å²) in [4.78, 5) is 0. The van der Waals surface area contributed by atoms with Gasteiger partial charge in [-0.1, -0.05) is 206 Å². The van der Waals surface area contributed by atoms with Crippen LogP contribution in [0.15, 0.2) is 158 Å². The fourth-order valence-electron chi connectivity index (χ4n) is 12.8. The molecule has 2 aliphatic rings. The van der Waals surface area contributed by atoms with Crippen molar-refractivity contribution in [3.8, 4) is 5.75 Å². The molecule has 0 N–H and O–H groups in total. The summed E-state index contributed by atoms with van der Waals surface area (Å²) in [5.41, 5.74) is 3.17. The van der Waals surface area contributed by atoms with E-state index in [1.54, 1.807) is 7.11 Å². The van der Waals surface area contributed by atoms with Crippen molar-refractivity contribution in [1.29, 1.82) is 0 Å². The summed E-state index contributed by atoms with van der Waals surface area (Å²) in [6.07, 6.45) is 1.85. The van der Waals surface area contributed by atoms with Crippen LogP contribution in [0.1, 0.15) is 147 Å². The number of hydrogen-bond donors (Lipinski definition) is 0. The highest BCUT2D eigenvalue weighted by Gasteiger charge is 2.62. The van der Waals surface area contributed by atoms with Gasteiger partial charge in [-0.15, -0.1) is 0 Å². The van der Waals surface area contributed by atoms with E-state index in [-0.39, 0.29) is 74.3 Å². The Labute approximate surface area is 611 Å². The first kappa shape index (κ1) is 83.3. The number of methoxy groups -OCH3 is 2. The van der Waals surface area contributed by atoms with Crippen LogP contribution in [0, 0.1) is 11.8 Å². The van der Waals surface area contributed by atoms with Crippen LogP contribution in [0.4, 0.5) is 0 Å². The van der Waals surface area contributed by atoms with Crippen LogP contribution in [0.2, 0.25) is 72.5 Å². The summed E-state index contributed by atoms with van der Waals surface area (Å²) < 4.78 is 74.3.